The van der Waals surface area contributed by atoms with E-state index in [0.717, 1.165) is 0 Å². The van der Waals surface area contributed by atoms with Crippen molar-refractivity contribution in [3.63, 3.8) is 0 Å². The minimum Gasteiger partial charge on any atom is -0.508 e. The Morgan fingerprint density at radius 1 is 1.11 bits per heavy atom. The van der Waals surface area contributed by atoms with E-state index in [2.05, 4.69) is 20.8 Å². The number of fused-ring (bicyclic) bond motifs is 1. The summed E-state index contributed by atoms with van der Waals surface area (Å²) in [6.07, 6.45) is 0. The van der Waals surface area contributed by atoms with Crippen LogP contribution in [0.25, 0.3) is 0 Å². The molecule has 3 aromatic rings. The molecule has 0 saturated carbocycles. The van der Waals surface area contributed by atoms with E-state index < -0.39 is 12.0 Å². The number of allylic oxidation sites excluding steroid dienone is 1. The molecule has 4 rings (SSSR count). The molecule has 0 fully saturated rings. The number of Topliss-reactive ketones (excluding diaryl/α,β-unsaturated/α-hetero) is 1. The van der Waals surface area contributed by atoms with E-state index in [1.165, 1.54) is 23.9 Å². The number of nitrogens with zero attached hydrogens (tertiary/aromatic N) is 4. The number of nitrogens with one attached hydrogen (secondary N) is 1. The number of anilines is 1. The van der Waals surface area contributed by atoms with Crippen molar-refractivity contribution in [3.05, 3.63) is 77.0 Å². The van der Waals surface area contributed by atoms with Crippen molar-refractivity contribution in [2.24, 2.45) is 0 Å². The quantitative estimate of drug-likeness (QED) is 0.521. The average Bonchev–Trinajstić information content (AvgIpc) is 3.21. The minimum atomic E-state index is -0.784. The third-order valence-electron chi connectivity index (χ3n) is 4.40. The SMILES string of the molecule is COC(=O)C1=C(C(=O)c2ccccc2)[C@@H](c2ccc(O)cc2)n2nnnc2N1. The van der Waals surface area contributed by atoms with Crippen LogP contribution in [0.2, 0.25) is 0 Å². The van der Waals surface area contributed by atoms with Gasteiger partial charge in [-0.1, -0.05) is 47.6 Å². The standard InChI is InChI=1S/C19H15N5O4/c1-28-18(27)15-14(17(26)12-5-3-2-4-6-12)16(11-7-9-13(25)10-8-11)24-19(20-15)21-22-23-24/h2-10,16,25H,1H3,(H,20,21,23)/t16-/m1/s1. The number of methoxy groups -OCH3 is 1. The Kier molecular flexibility index (Phi) is 4.32. The number of aromatic hydroxyl groups is 1. The summed E-state index contributed by atoms with van der Waals surface area (Å²) in [6.45, 7) is 0. The molecule has 0 aliphatic carbocycles. The fraction of sp³-hybridized carbons (Fsp3) is 0.105. The number of carbonyl (C=O) groups is 2. The van der Waals surface area contributed by atoms with Gasteiger partial charge in [0.2, 0.25) is 5.95 Å². The molecule has 1 aliphatic rings. The highest BCUT2D eigenvalue weighted by atomic mass is 16.5. The number of rotatable bonds is 4. The smallest absolute Gasteiger partial charge is 0.355 e. The van der Waals surface area contributed by atoms with Crippen LogP contribution < -0.4 is 5.32 Å². The highest BCUT2D eigenvalue weighted by Crippen LogP contribution is 2.36. The lowest BCUT2D eigenvalue weighted by molar-refractivity contribution is -0.136. The number of esters is 1. The van der Waals surface area contributed by atoms with E-state index in [1.54, 1.807) is 42.5 Å². The number of ether oxygens (including phenoxy) is 1. The van der Waals surface area contributed by atoms with Crippen LogP contribution >= 0.6 is 0 Å². The van der Waals surface area contributed by atoms with Gasteiger partial charge in [0.05, 0.1) is 12.7 Å². The van der Waals surface area contributed by atoms with Gasteiger partial charge in [-0.3, -0.25) is 4.79 Å². The molecule has 2 heterocycles. The number of tetrazole rings is 1. The summed E-state index contributed by atoms with van der Waals surface area (Å²) in [5.74, 6) is -0.809. The third kappa shape index (κ3) is 2.88. The summed E-state index contributed by atoms with van der Waals surface area (Å²) in [5.41, 5.74) is 1.13. The summed E-state index contributed by atoms with van der Waals surface area (Å²) in [7, 11) is 1.23. The lowest BCUT2D eigenvalue weighted by atomic mass is 9.89. The third-order valence-corrected chi connectivity index (χ3v) is 4.40. The van der Waals surface area contributed by atoms with E-state index in [4.69, 9.17) is 4.74 Å². The molecule has 0 bridgehead atoms. The predicted octanol–water partition coefficient (Wildman–Crippen LogP) is 1.70. The van der Waals surface area contributed by atoms with E-state index in [1.807, 2.05) is 0 Å². The first kappa shape index (κ1) is 17.4. The van der Waals surface area contributed by atoms with E-state index in [9.17, 15) is 14.7 Å². The van der Waals surface area contributed by atoms with Crippen LogP contribution in [0.3, 0.4) is 0 Å². The lowest BCUT2D eigenvalue weighted by Crippen LogP contribution is -2.32. The molecule has 0 amide bonds. The van der Waals surface area contributed by atoms with E-state index in [-0.39, 0.29) is 28.8 Å². The molecule has 140 valence electrons. The maximum Gasteiger partial charge on any atom is 0.355 e. The van der Waals surface area contributed by atoms with Crippen molar-refractivity contribution in [3.8, 4) is 5.75 Å². The van der Waals surface area contributed by atoms with Gasteiger partial charge in [-0.2, -0.15) is 4.68 Å². The Hall–Kier alpha value is -4.01. The summed E-state index contributed by atoms with van der Waals surface area (Å²) >= 11 is 0. The number of hydrogen-bond acceptors (Lipinski definition) is 8. The van der Waals surface area contributed by atoms with Crippen molar-refractivity contribution >= 4 is 17.7 Å². The van der Waals surface area contributed by atoms with Gasteiger partial charge in [0.15, 0.2) is 5.78 Å². The molecule has 0 unspecified atom stereocenters. The van der Waals surface area contributed by atoms with Gasteiger partial charge in [-0.15, -0.1) is 0 Å². The van der Waals surface area contributed by atoms with Crippen LogP contribution in [0, 0.1) is 0 Å². The first-order valence-corrected chi connectivity index (χ1v) is 8.36. The fourth-order valence-corrected chi connectivity index (χ4v) is 3.10. The molecule has 0 saturated heterocycles. The van der Waals surface area contributed by atoms with Crippen LogP contribution in [0.5, 0.6) is 5.75 Å². The largest absolute Gasteiger partial charge is 0.508 e. The second-order valence-corrected chi connectivity index (χ2v) is 6.04. The average molecular weight is 377 g/mol. The van der Waals surface area contributed by atoms with E-state index in [0.29, 0.717) is 11.1 Å². The molecule has 1 aliphatic heterocycles. The molecule has 1 aromatic heterocycles. The number of aromatic nitrogens is 4. The molecule has 28 heavy (non-hydrogen) atoms. The zero-order chi connectivity index (χ0) is 19.7. The van der Waals surface area contributed by atoms with E-state index >= 15 is 0 Å². The number of carbonyl (C=O) groups excluding carboxylic acids is 2. The fourth-order valence-electron chi connectivity index (χ4n) is 3.10. The van der Waals surface area contributed by atoms with Gasteiger partial charge in [-0.25, -0.2) is 4.79 Å². The topological polar surface area (TPSA) is 119 Å². The summed E-state index contributed by atoms with van der Waals surface area (Å²) in [5, 5.41) is 23.9. The second kappa shape index (κ2) is 6.95. The number of benzene rings is 2. The summed E-state index contributed by atoms with van der Waals surface area (Å²) in [4.78, 5) is 25.8. The Bertz CT molecular complexity index is 1070. The normalized spacial score (nSPS) is 15.5. The maximum atomic E-state index is 13.4. The van der Waals surface area contributed by atoms with Gasteiger partial charge in [0.1, 0.15) is 17.5 Å². The predicted molar refractivity (Wildman–Crippen MR) is 97.5 cm³/mol. The van der Waals surface area contributed by atoms with Crippen molar-refractivity contribution in [1.29, 1.82) is 0 Å². The molecular weight excluding hydrogens is 362 g/mol. The zero-order valence-corrected chi connectivity index (χ0v) is 14.7. The van der Waals surface area contributed by atoms with Crippen LogP contribution in [0.4, 0.5) is 5.95 Å². The van der Waals surface area contributed by atoms with Crippen LogP contribution in [-0.4, -0.2) is 44.2 Å². The molecule has 9 heteroatoms. The van der Waals surface area contributed by atoms with Gasteiger partial charge < -0.3 is 15.2 Å². The Morgan fingerprint density at radius 3 is 2.50 bits per heavy atom. The Morgan fingerprint density at radius 2 is 1.82 bits per heavy atom. The molecule has 9 nitrogen and oxygen atoms in total. The lowest BCUT2D eigenvalue weighted by Gasteiger charge is -2.28. The maximum absolute atomic E-state index is 13.4. The van der Waals surface area contributed by atoms with Crippen molar-refractivity contribution in [2.75, 3.05) is 12.4 Å². The van der Waals surface area contributed by atoms with Crippen molar-refractivity contribution < 1.29 is 19.4 Å². The summed E-state index contributed by atoms with van der Waals surface area (Å²) < 4.78 is 6.28. The van der Waals surface area contributed by atoms with Crippen LogP contribution in [0.1, 0.15) is 22.0 Å². The first-order valence-electron chi connectivity index (χ1n) is 8.36. The number of hydrogen-bond donors (Lipinski definition) is 2. The van der Waals surface area contributed by atoms with Gasteiger partial charge in [-0.05, 0) is 28.1 Å². The molecule has 2 N–H and O–H groups in total. The van der Waals surface area contributed by atoms with Crippen molar-refractivity contribution in [2.45, 2.75) is 6.04 Å². The molecule has 0 spiro atoms. The Labute approximate surface area is 159 Å². The number of phenolic OH excluding ortho intramolecular Hbond substituents is 1. The monoisotopic (exact) mass is 377 g/mol. The van der Waals surface area contributed by atoms with Gasteiger partial charge in [0, 0.05) is 5.56 Å². The second-order valence-electron chi connectivity index (χ2n) is 6.04. The van der Waals surface area contributed by atoms with Gasteiger partial charge in [0.25, 0.3) is 0 Å². The Balaban J connectivity index is 1.95. The number of phenols is 1. The highest BCUT2D eigenvalue weighted by Gasteiger charge is 2.38. The van der Waals surface area contributed by atoms with Gasteiger partial charge >= 0.3 is 5.97 Å². The molecular formula is C19H15N5O4. The number of ketones is 1. The van der Waals surface area contributed by atoms with Crippen molar-refractivity contribution in [1.82, 2.24) is 20.2 Å². The zero-order valence-electron chi connectivity index (χ0n) is 14.7. The summed E-state index contributed by atoms with van der Waals surface area (Å²) in [6, 6.07) is 14.1. The first-order chi connectivity index (χ1) is 13.6. The minimum absolute atomic E-state index is 0.0308. The molecule has 1 atom stereocenters. The van der Waals surface area contributed by atoms with Crippen LogP contribution in [-0.2, 0) is 9.53 Å². The molecule has 0 radical (unpaired) electrons. The molecule has 2 aromatic carbocycles. The van der Waals surface area contributed by atoms with Crippen LogP contribution in [0.15, 0.2) is 65.9 Å². The highest BCUT2D eigenvalue weighted by molar-refractivity contribution is 6.14.